The highest BCUT2D eigenvalue weighted by atomic mass is 16.5. The minimum absolute atomic E-state index is 0.245. The molecule has 0 fully saturated rings. The number of carbonyl (C=O) groups excluding carboxylic acids is 3. The molecule has 0 aromatic heterocycles. The van der Waals surface area contributed by atoms with Crippen LogP contribution in [0.4, 0.5) is 34.1 Å². The molecular formula is C52H46N6O7. The van der Waals surface area contributed by atoms with Gasteiger partial charge in [0.05, 0.1) is 53.7 Å². The van der Waals surface area contributed by atoms with Crippen molar-refractivity contribution in [3.8, 4) is 11.5 Å². The predicted octanol–water partition coefficient (Wildman–Crippen LogP) is 13.4. The molecule has 0 radical (unpaired) electrons. The van der Waals surface area contributed by atoms with Crippen molar-refractivity contribution in [1.29, 1.82) is 0 Å². The van der Waals surface area contributed by atoms with Crippen LogP contribution in [0.5, 0.6) is 11.5 Å². The quantitative estimate of drug-likeness (QED) is 0.0281. The molecular weight excluding hydrogens is 821 g/mol. The molecule has 0 bridgehead atoms. The Morgan fingerprint density at radius 3 is 1.82 bits per heavy atom. The van der Waals surface area contributed by atoms with Gasteiger partial charge in [-0.15, -0.1) is 15.3 Å². The maximum absolute atomic E-state index is 13.0. The summed E-state index contributed by atoms with van der Waals surface area (Å²) in [5, 5.41) is 29.3. The van der Waals surface area contributed by atoms with Gasteiger partial charge in [0.25, 0.3) is 0 Å². The highest BCUT2D eigenvalue weighted by molar-refractivity contribution is 6.09. The Bertz CT molecular complexity index is 2890. The summed E-state index contributed by atoms with van der Waals surface area (Å²) < 4.78 is 21.6. The molecule has 1 unspecified atom stereocenters. The van der Waals surface area contributed by atoms with Gasteiger partial charge in [-0.3, -0.25) is 0 Å². The topological polar surface area (TPSA) is 162 Å². The largest absolute Gasteiger partial charge is 0.494 e. The number of rotatable bonds is 18. The fraction of sp³-hybridized carbons (Fsp3) is 0.173. The van der Waals surface area contributed by atoms with Gasteiger partial charge in [-0.1, -0.05) is 55.1 Å². The lowest BCUT2D eigenvalue weighted by molar-refractivity contribution is -0.137. The molecule has 1 aliphatic rings. The summed E-state index contributed by atoms with van der Waals surface area (Å²) in [5.41, 5.74) is 6.40. The number of nitrogens with one attached hydrogen (secondary N) is 2. The van der Waals surface area contributed by atoms with E-state index in [0.717, 1.165) is 70.2 Å². The summed E-state index contributed by atoms with van der Waals surface area (Å²) in [5.74, 6) is -0.139. The van der Waals surface area contributed by atoms with E-state index in [2.05, 4.69) is 27.4 Å². The van der Waals surface area contributed by atoms with Crippen LogP contribution in [0.2, 0.25) is 0 Å². The van der Waals surface area contributed by atoms with Crippen molar-refractivity contribution in [3.05, 3.63) is 169 Å². The molecule has 0 aliphatic carbocycles. The summed E-state index contributed by atoms with van der Waals surface area (Å²) >= 11 is 0. The average Bonchev–Trinajstić information content (AvgIpc) is 3.34. The van der Waals surface area contributed by atoms with Crippen LogP contribution in [0.15, 0.2) is 173 Å². The zero-order valence-corrected chi connectivity index (χ0v) is 35.7. The Kier molecular flexibility index (Phi) is 13.9. The third kappa shape index (κ3) is 10.7. The average molecular weight is 867 g/mol. The van der Waals surface area contributed by atoms with E-state index < -0.39 is 11.9 Å². The van der Waals surface area contributed by atoms with Gasteiger partial charge in [0.2, 0.25) is 0 Å². The van der Waals surface area contributed by atoms with Gasteiger partial charge in [0.1, 0.15) is 17.7 Å². The second-order valence-corrected chi connectivity index (χ2v) is 15.0. The van der Waals surface area contributed by atoms with Crippen LogP contribution < -0.4 is 20.1 Å². The van der Waals surface area contributed by atoms with Gasteiger partial charge in [-0.05, 0) is 129 Å². The third-order valence-corrected chi connectivity index (χ3v) is 10.6. The summed E-state index contributed by atoms with van der Waals surface area (Å²) in [7, 11) is 0. The van der Waals surface area contributed by atoms with Gasteiger partial charge < -0.3 is 29.6 Å². The molecule has 8 rings (SSSR count). The zero-order valence-electron chi connectivity index (χ0n) is 35.7. The SMILES string of the molecule is C=CC(=O)OCCCCCCOc1ccc(C(=O)Oc2ccc(C3Nc4cccc5c(/N=N/c6ccc(/N=N/c7ccc(C(=O)OCC)cc7)c7ccccc67)ccc(c45)N3)cc2)cc1. The van der Waals surface area contributed by atoms with Crippen molar-refractivity contribution in [1.82, 2.24) is 0 Å². The van der Waals surface area contributed by atoms with E-state index >= 15 is 0 Å². The number of esters is 3. The van der Waals surface area contributed by atoms with Gasteiger partial charge in [-0.2, -0.15) is 5.11 Å². The van der Waals surface area contributed by atoms with Crippen LogP contribution in [0.3, 0.4) is 0 Å². The normalized spacial score (nSPS) is 13.0. The predicted molar refractivity (Wildman–Crippen MR) is 252 cm³/mol. The molecule has 1 heterocycles. The number of anilines is 2. The van der Waals surface area contributed by atoms with Gasteiger partial charge in [0, 0.05) is 39.0 Å². The Balaban J connectivity index is 0.874. The standard InChI is InChI=1S/C52H46N6O7/c1-3-48(59)64-33-10-6-5-9-32-63-38-24-20-36(21-25-38)52(61)65-39-26-18-34(19-27-39)50-53-46-15-11-14-42-45(30-31-47(54-50)49(42)46)58-57-44-29-28-43(40-12-7-8-13-41(40)44)56-55-37-22-16-35(17-23-37)51(60)62-4-2/h3,7-8,11-31,50,53-54H,1,4-6,9-10,32-33H2,2H3/b56-55+,58-57+. The summed E-state index contributed by atoms with van der Waals surface area (Å²) in [6, 6.07) is 42.7. The monoisotopic (exact) mass is 866 g/mol. The molecule has 65 heavy (non-hydrogen) atoms. The van der Waals surface area contributed by atoms with Crippen molar-refractivity contribution in [3.63, 3.8) is 0 Å². The number of carbonyl (C=O) groups is 3. The minimum Gasteiger partial charge on any atom is -0.494 e. The van der Waals surface area contributed by atoms with Crippen LogP contribution >= 0.6 is 0 Å². The molecule has 0 amide bonds. The van der Waals surface area contributed by atoms with Crippen molar-refractivity contribution in [2.75, 3.05) is 30.5 Å². The highest BCUT2D eigenvalue weighted by Crippen LogP contribution is 2.43. The number of nitrogens with zero attached hydrogens (tertiary/aromatic N) is 4. The number of hydrogen-bond acceptors (Lipinski definition) is 13. The van der Waals surface area contributed by atoms with Gasteiger partial charge >= 0.3 is 17.9 Å². The Morgan fingerprint density at radius 1 is 0.569 bits per heavy atom. The van der Waals surface area contributed by atoms with E-state index in [1.165, 1.54) is 0 Å². The summed E-state index contributed by atoms with van der Waals surface area (Å²) in [4.78, 5) is 36.1. The van der Waals surface area contributed by atoms with E-state index in [-0.39, 0.29) is 12.1 Å². The molecule has 1 aliphatic heterocycles. The first-order chi connectivity index (χ1) is 31.9. The van der Waals surface area contributed by atoms with E-state index in [0.29, 0.717) is 65.2 Å². The lowest BCUT2D eigenvalue weighted by atomic mass is 10.0. The number of fused-ring (bicyclic) bond motifs is 1. The first-order valence-electron chi connectivity index (χ1n) is 21.4. The summed E-state index contributed by atoms with van der Waals surface area (Å²) in [6.07, 6.45) is 4.47. The minimum atomic E-state index is -0.464. The molecule has 2 N–H and O–H groups in total. The second-order valence-electron chi connectivity index (χ2n) is 15.0. The fourth-order valence-electron chi connectivity index (χ4n) is 7.33. The van der Waals surface area contributed by atoms with Crippen molar-refractivity contribution in [2.24, 2.45) is 20.5 Å². The van der Waals surface area contributed by atoms with Crippen molar-refractivity contribution in [2.45, 2.75) is 38.8 Å². The third-order valence-electron chi connectivity index (χ3n) is 10.6. The number of ether oxygens (including phenoxy) is 4. The lowest BCUT2D eigenvalue weighted by Crippen LogP contribution is -2.23. The lowest BCUT2D eigenvalue weighted by Gasteiger charge is -2.30. The fourth-order valence-corrected chi connectivity index (χ4v) is 7.33. The molecule has 13 heteroatoms. The zero-order chi connectivity index (χ0) is 45.0. The van der Waals surface area contributed by atoms with Crippen LogP contribution in [-0.4, -0.2) is 37.7 Å². The van der Waals surface area contributed by atoms with Gasteiger partial charge in [0.15, 0.2) is 0 Å². The molecule has 1 atom stereocenters. The van der Waals surface area contributed by atoms with E-state index in [1.54, 1.807) is 67.6 Å². The van der Waals surface area contributed by atoms with Crippen LogP contribution in [0.25, 0.3) is 21.5 Å². The maximum Gasteiger partial charge on any atom is 0.343 e. The molecule has 7 aromatic rings. The Hall–Kier alpha value is -8.19. The maximum atomic E-state index is 13.0. The molecule has 0 saturated carbocycles. The number of azo groups is 2. The summed E-state index contributed by atoms with van der Waals surface area (Å²) in [6.45, 7) is 6.41. The van der Waals surface area contributed by atoms with E-state index in [4.69, 9.17) is 29.2 Å². The molecule has 13 nitrogen and oxygen atoms in total. The molecule has 326 valence electrons. The van der Waals surface area contributed by atoms with Crippen molar-refractivity contribution >= 4 is 73.6 Å². The van der Waals surface area contributed by atoms with E-state index in [9.17, 15) is 14.4 Å². The van der Waals surface area contributed by atoms with Crippen LogP contribution in [-0.2, 0) is 14.3 Å². The first-order valence-corrected chi connectivity index (χ1v) is 21.4. The number of hydrogen-bond donors (Lipinski definition) is 2. The first kappa shape index (κ1) is 43.5. The molecule has 0 saturated heterocycles. The van der Waals surface area contributed by atoms with Crippen LogP contribution in [0.1, 0.15) is 65.1 Å². The Labute approximate surface area is 375 Å². The Morgan fingerprint density at radius 2 is 1.14 bits per heavy atom. The second kappa shape index (κ2) is 20.8. The number of unbranched alkanes of at least 4 members (excludes halogenated alkanes) is 3. The van der Waals surface area contributed by atoms with Crippen molar-refractivity contribution < 1.29 is 33.3 Å². The number of benzene rings is 7. The molecule has 0 spiro atoms. The highest BCUT2D eigenvalue weighted by Gasteiger charge is 2.22. The van der Waals surface area contributed by atoms with E-state index in [1.807, 2.05) is 78.9 Å². The molecule has 7 aromatic carbocycles. The smallest absolute Gasteiger partial charge is 0.343 e. The van der Waals surface area contributed by atoms with Gasteiger partial charge in [-0.25, -0.2) is 14.4 Å². The van der Waals surface area contributed by atoms with Crippen LogP contribution in [0, 0.1) is 0 Å².